The number of nitrogens with zero attached hydrogens (tertiary/aromatic N) is 1. The zero-order chi connectivity index (χ0) is 14.4. The van der Waals surface area contributed by atoms with Gasteiger partial charge in [0.25, 0.3) is 5.91 Å². The maximum Gasteiger partial charge on any atom is 0.251 e. The smallest absolute Gasteiger partial charge is 0.251 e. The Morgan fingerprint density at radius 1 is 1.20 bits per heavy atom. The largest absolute Gasteiger partial charge is 0.383 e. The lowest BCUT2D eigenvalue weighted by Gasteiger charge is -2.15. The summed E-state index contributed by atoms with van der Waals surface area (Å²) in [6, 6.07) is 8.05. The van der Waals surface area contributed by atoms with Crippen LogP contribution in [0, 0.1) is 0 Å². The van der Waals surface area contributed by atoms with Crippen LogP contribution in [0.1, 0.15) is 37.0 Å². The fraction of sp³-hybridized carbons (Fsp3) is 0.562. The van der Waals surface area contributed by atoms with Crippen molar-refractivity contribution in [3.63, 3.8) is 0 Å². The number of carbonyl (C=O) groups excluding carboxylic acids is 1. The Bertz CT molecular complexity index is 422. The van der Waals surface area contributed by atoms with Crippen molar-refractivity contribution in [3.05, 3.63) is 29.8 Å². The van der Waals surface area contributed by atoms with E-state index in [-0.39, 0.29) is 5.91 Å². The van der Waals surface area contributed by atoms with Crippen LogP contribution in [0.5, 0.6) is 0 Å². The summed E-state index contributed by atoms with van der Waals surface area (Å²) >= 11 is 0. The van der Waals surface area contributed by atoms with Crippen LogP contribution >= 0.6 is 0 Å². The van der Waals surface area contributed by atoms with Crippen LogP contribution in [-0.2, 0) is 0 Å². The first kappa shape index (κ1) is 14.9. The van der Waals surface area contributed by atoms with E-state index in [0.29, 0.717) is 6.04 Å². The first-order chi connectivity index (χ1) is 9.65. The normalized spacial score (nSPS) is 15.6. The van der Waals surface area contributed by atoms with Gasteiger partial charge in [0, 0.05) is 30.4 Å². The molecule has 1 aromatic rings. The van der Waals surface area contributed by atoms with E-state index in [4.69, 9.17) is 0 Å². The second-order valence-electron chi connectivity index (χ2n) is 5.68. The Morgan fingerprint density at radius 2 is 1.85 bits per heavy atom. The van der Waals surface area contributed by atoms with Gasteiger partial charge in [-0.3, -0.25) is 4.79 Å². The highest BCUT2D eigenvalue weighted by Gasteiger charge is 2.11. The molecular formula is C16H25N3O. The lowest BCUT2D eigenvalue weighted by atomic mass is 10.2. The van der Waals surface area contributed by atoms with E-state index in [0.717, 1.165) is 24.3 Å². The van der Waals surface area contributed by atoms with Crippen molar-refractivity contribution < 1.29 is 4.79 Å². The Morgan fingerprint density at radius 3 is 2.45 bits per heavy atom. The fourth-order valence-electron chi connectivity index (χ4n) is 2.49. The SMILES string of the molecule is CC(C)Nc1ccc(C(=O)NCCN2CCCC2)cc1. The molecule has 1 amide bonds. The average Bonchev–Trinajstić information content (AvgIpc) is 2.92. The topological polar surface area (TPSA) is 44.4 Å². The van der Waals surface area contributed by atoms with Crippen LogP contribution in [0.3, 0.4) is 0 Å². The molecule has 2 N–H and O–H groups in total. The van der Waals surface area contributed by atoms with Gasteiger partial charge in [-0.2, -0.15) is 0 Å². The number of benzene rings is 1. The third-order valence-electron chi connectivity index (χ3n) is 3.51. The van der Waals surface area contributed by atoms with Crippen molar-refractivity contribution in [1.82, 2.24) is 10.2 Å². The van der Waals surface area contributed by atoms with Crippen LogP contribution in [0.25, 0.3) is 0 Å². The van der Waals surface area contributed by atoms with Crippen LogP contribution in [-0.4, -0.2) is 43.0 Å². The highest BCUT2D eigenvalue weighted by atomic mass is 16.1. The molecule has 0 aromatic heterocycles. The minimum atomic E-state index is 0.0142. The molecule has 1 fully saturated rings. The molecular weight excluding hydrogens is 250 g/mol. The number of anilines is 1. The van der Waals surface area contributed by atoms with Gasteiger partial charge in [0.2, 0.25) is 0 Å². The van der Waals surface area contributed by atoms with E-state index in [1.54, 1.807) is 0 Å². The minimum absolute atomic E-state index is 0.0142. The molecule has 4 heteroatoms. The maximum absolute atomic E-state index is 12.0. The standard InChI is InChI=1S/C16H25N3O/c1-13(2)18-15-7-5-14(6-8-15)16(20)17-9-12-19-10-3-4-11-19/h5-8,13,18H,3-4,9-12H2,1-2H3,(H,17,20). The van der Waals surface area contributed by atoms with Gasteiger partial charge in [0.15, 0.2) is 0 Å². The molecule has 1 aliphatic heterocycles. The van der Waals surface area contributed by atoms with Crippen molar-refractivity contribution in [1.29, 1.82) is 0 Å². The van der Waals surface area contributed by atoms with E-state index in [1.165, 1.54) is 25.9 Å². The van der Waals surface area contributed by atoms with Gasteiger partial charge < -0.3 is 15.5 Å². The monoisotopic (exact) mass is 275 g/mol. The van der Waals surface area contributed by atoms with Gasteiger partial charge in [-0.1, -0.05) is 0 Å². The number of likely N-dealkylation sites (tertiary alicyclic amines) is 1. The van der Waals surface area contributed by atoms with E-state index in [9.17, 15) is 4.79 Å². The molecule has 1 saturated heterocycles. The molecule has 0 atom stereocenters. The van der Waals surface area contributed by atoms with E-state index in [1.807, 2.05) is 24.3 Å². The van der Waals surface area contributed by atoms with E-state index >= 15 is 0 Å². The molecule has 0 unspecified atom stereocenters. The quantitative estimate of drug-likeness (QED) is 0.837. The van der Waals surface area contributed by atoms with Gasteiger partial charge in [-0.15, -0.1) is 0 Å². The third-order valence-corrected chi connectivity index (χ3v) is 3.51. The van der Waals surface area contributed by atoms with Crippen LogP contribution < -0.4 is 10.6 Å². The Hall–Kier alpha value is -1.55. The van der Waals surface area contributed by atoms with Gasteiger partial charge in [-0.25, -0.2) is 0 Å². The van der Waals surface area contributed by atoms with E-state index in [2.05, 4.69) is 29.4 Å². The van der Waals surface area contributed by atoms with Crippen LogP contribution in [0.4, 0.5) is 5.69 Å². The van der Waals surface area contributed by atoms with Gasteiger partial charge in [0.1, 0.15) is 0 Å². The molecule has 1 heterocycles. The molecule has 0 saturated carbocycles. The summed E-state index contributed by atoms with van der Waals surface area (Å²) in [4.78, 5) is 14.4. The molecule has 0 bridgehead atoms. The number of amides is 1. The zero-order valence-corrected chi connectivity index (χ0v) is 12.5. The Labute approximate surface area is 121 Å². The highest BCUT2D eigenvalue weighted by Crippen LogP contribution is 2.10. The van der Waals surface area contributed by atoms with Gasteiger partial charge in [-0.05, 0) is 64.0 Å². The predicted octanol–water partition coefficient (Wildman–Crippen LogP) is 2.33. The minimum Gasteiger partial charge on any atom is -0.383 e. The molecule has 0 radical (unpaired) electrons. The summed E-state index contributed by atoms with van der Waals surface area (Å²) in [5.41, 5.74) is 1.77. The van der Waals surface area contributed by atoms with Crippen molar-refractivity contribution in [3.8, 4) is 0 Å². The third kappa shape index (κ3) is 4.53. The maximum atomic E-state index is 12.0. The van der Waals surface area contributed by atoms with Gasteiger partial charge in [0.05, 0.1) is 0 Å². The van der Waals surface area contributed by atoms with E-state index < -0.39 is 0 Å². The molecule has 0 spiro atoms. The number of hydrogen-bond donors (Lipinski definition) is 2. The molecule has 20 heavy (non-hydrogen) atoms. The average molecular weight is 275 g/mol. The molecule has 2 rings (SSSR count). The second-order valence-corrected chi connectivity index (χ2v) is 5.68. The first-order valence-electron chi connectivity index (χ1n) is 7.52. The second kappa shape index (κ2) is 7.29. The number of rotatable bonds is 6. The van der Waals surface area contributed by atoms with Crippen molar-refractivity contribution in [2.24, 2.45) is 0 Å². The molecule has 1 aromatic carbocycles. The summed E-state index contributed by atoms with van der Waals surface area (Å²) in [6.45, 7) is 8.22. The molecule has 1 aliphatic rings. The Kier molecular flexibility index (Phi) is 5.41. The molecule has 110 valence electrons. The molecule has 4 nitrogen and oxygen atoms in total. The van der Waals surface area contributed by atoms with Crippen molar-refractivity contribution >= 4 is 11.6 Å². The van der Waals surface area contributed by atoms with Crippen LogP contribution in [0.15, 0.2) is 24.3 Å². The molecule has 0 aliphatic carbocycles. The number of carbonyl (C=O) groups is 1. The highest BCUT2D eigenvalue weighted by molar-refractivity contribution is 5.94. The predicted molar refractivity (Wildman–Crippen MR) is 83.2 cm³/mol. The summed E-state index contributed by atoms with van der Waals surface area (Å²) in [6.07, 6.45) is 2.58. The first-order valence-corrected chi connectivity index (χ1v) is 7.52. The van der Waals surface area contributed by atoms with Crippen molar-refractivity contribution in [2.45, 2.75) is 32.7 Å². The number of nitrogens with one attached hydrogen (secondary N) is 2. The summed E-state index contributed by atoms with van der Waals surface area (Å²) in [5.74, 6) is 0.0142. The lowest BCUT2D eigenvalue weighted by Crippen LogP contribution is -2.33. The van der Waals surface area contributed by atoms with Gasteiger partial charge >= 0.3 is 0 Å². The lowest BCUT2D eigenvalue weighted by molar-refractivity contribution is 0.0950. The van der Waals surface area contributed by atoms with Crippen molar-refractivity contribution in [2.75, 3.05) is 31.5 Å². The summed E-state index contributed by atoms with van der Waals surface area (Å²) in [7, 11) is 0. The zero-order valence-electron chi connectivity index (χ0n) is 12.5. The fourth-order valence-corrected chi connectivity index (χ4v) is 2.49. The summed E-state index contributed by atoms with van der Waals surface area (Å²) in [5, 5.41) is 6.30. The Balaban J connectivity index is 1.76. The van der Waals surface area contributed by atoms with Crippen LogP contribution in [0.2, 0.25) is 0 Å². The number of hydrogen-bond acceptors (Lipinski definition) is 3. The summed E-state index contributed by atoms with van der Waals surface area (Å²) < 4.78 is 0.